The highest BCUT2D eigenvalue weighted by atomic mass is 16.5. The summed E-state index contributed by atoms with van der Waals surface area (Å²) in [4.78, 5) is 29.1. The largest absolute Gasteiger partial charge is 0.439 e. The first-order valence-corrected chi connectivity index (χ1v) is 11.7. The minimum Gasteiger partial charge on any atom is -0.439 e. The number of benzene rings is 2. The molecule has 11 nitrogen and oxygen atoms in total. The number of rotatable bonds is 6. The first-order valence-electron chi connectivity index (χ1n) is 11.7. The lowest BCUT2D eigenvalue weighted by Crippen LogP contribution is -2.24. The second-order valence-corrected chi connectivity index (χ2v) is 8.86. The number of hydrogen-bond acceptors (Lipinski definition) is 9. The van der Waals surface area contributed by atoms with Crippen molar-refractivity contribution < 1.29 is 9.53 Å². The van der Waals surface area contributed by atoms with E-state index in [1.807, 2.05) is 62.3 Å². The van der Waals surface area contributed by atoms with Gasteiger partial charge in [0.05, 0.1) is 12.1 Å². The van der Waals surface area contributed by atoms with Gasteiger partial charge >= 0.3 is 5.91 Å². The van der Waals surface area contributed by atoms with Gasteiger partial charge in [-0.05, 0) is 68.9 Å². The Morgan fingerprint density at radius 3 is 2.74 bits per heavy atom. The Labute approximate surface area is 219 Å². The summed E-state index contributed by atoms with van der Waals surface area (Å²) in [6, 6.07) is 13.0. The van der Waals surface area contributed by atoms with Gasteiger partial charge in [-0.15, -0.1) is 10.2 Å². The van der Waals surface area contributed by atoms with Crippen LogP contribution in [0.3, 0.4) is 0 Å². The van der Waals surface area contributed by atoms with Gasteiger partial charge in [-0.3, -0.25) is 14.1 Å². The lowest BCUT2D eigenvalue weighted by molar-refractivity contribution is -0.113. The van der Waals surface area contributed by atoms with E-state index in [0.717, 1.165) is 22.2 Å². The van der Waals surface area contributed by atoms with E-state index in [2.05, 4.69) is 42.3 Å². The monoisotopic (exact) mass is 507 g/mol. The van der Waals surface area contributed by atoms with Crippen molar-refractivity contribution in [1.82, 2.24) is 34.4 Å². The molecule has 1 N–H and O–H groups in total. The highest BCUT2D eigenvalue weighted by Gasteiger charge is 2.13. The molecule has 3 aromatic heterocycles. The normalized spacial score (nSPS) is 10.9. The van der Waals surface area contributed by atoms with Crippen molar-refractivity contribution in [2.24, 2.45) is 0 Å². The lowest BCUT2D eigenvalue weighted by Gasteiger charge is -2.16. The fourth-order valence-corrected chi connectivity index (χ4v) is 3.68. The molecule has 11 heteroatoms. The quantitative estimate of drug-likeness (QED) is 0.345. The molecule has 38 heavy (non-hydrogen) atoms. The molecule has 0 fully saturated rings. The number of carbonyl (C=O) groups is 1. The maximum absolute atomic E-state index is 12.6. The molecule has 2 aromatic carbocycles. The van der Waals surface area contributed by atoms with Crippen LogP contribution in [0.4, 0.5) is 17.2 Å². The van der Waals surface area contributed by atoms with E-state index in [1.165, 1.54) is 11.2 Å². The Morgan fingerprint density at radius 1 is 1.05 bits per heavy atom. The third-order valence-corrected chi connectivity index (χ3v) is 5.72. The zero-order valence-electron chi connectivity index (χ0n) is 21.4. The van der Waals surface area contributed by atoms with E-state index in [4.69, 9.17) is 4.74 Å². The molecule has 0 saturated carbocycles. The molecule has 0 bridgehead atoms. The van der Waals surface area contributed by atoms with Crippen LogP contribution in [-0.4, -0.2) is 68.0 Å². The molecule has 0 unspecified atom stereocenters. The zero-order valence-corrected chi connectivity index (χ0v) is 21.4. The number of hydrogen-bond donors (Lipinski definition) is 1. The lowest BCUT2D eigenvalue weighted by atomic mass is 10.1. The Hall–Kier alpha value is -5.08. The fraction of sp³-hybridized carbons (Fsp3) is 0.185. The molecule has 5 rings (SSSR count). The Morgan fingerprint density at radius 2 is 1.92 bits per heavy atom. The van der Waals surface area contributed by atoms with Gasteiger partial charge in [-0.1, -0.05) is 5.92 Å². The first kappa shape index (κ1) is 24.6. The van der Waals surface area contributed by atoms with Crippen LogP contribution in [0, 0.1) is 18.8 Å². The van der Waals surface area contributed by atoms with Crippen molar-refractivity contribution >= 4 is 39.6 Å². The van der Waals surface area contributed by atoms with Gasteiger partial charge in [0.25, 0.3) is 0 Å². The molecule has 3 heterocycles. The third kappa shape index (κ3) is 5.35. The molecule has 0 spiro atoms. The van der Waals surface area contributed by atoms with Gasteiger partial charge in [0.2, 0.25) is 5.88 Å². The summed E-state index contributed by atoms with van der Waals surface area (Å²) in [6.07, 6.45) is 4.68. The molecular formula is C27H25N9O2. The third-order valence-electron chi connectivity index (χ3n) is 5.72. The summed E-state index contributed by atoms with van der Waals surface area (Å²) in [6.45, 7) is 2.46. The molecule has 1 amide bonds. The number of ether oxygens (including phenoxy) is 1. The van der Waals surface area contributed by atoms with E-state index in [-0.39, 0.29) is 5.91 Å². The van der Waals surface area contributed by atoms with Crippen molar-refractivity contribution in [3.63, 3.8) is 0 Å². The highest BCUT2D eigenvalue weighted by molar-refractivity contribution is 6.06. The summed E-state index contributed by atoms with van der Waals surface area (Å²) in [7, 11) is 5.50. The Balaban J connectivity index is 1.36. The predicted molar refractivity (Wildman–Crippen MR) is 145 cm³/mol. The SMILES string of the molecule is Cc1cc(Nc2ncnc3ccc(N(C)C(=O)C#CCN(C)C)cc23)ccc1Oc1cc2nncn2cn1. The molecule has 190 valence electrons. The second-order valence-electron chi connectivity index (χ2n) is 8.86. The number of amides is 1. The summed E-state index contributed by atoms with van der Waals surface area (Å²) < 4.78 is 7.68. The van der Waals surface area contributed by atoms with Crippen LogP contribution in [0.2, 0.25) is 0 Å². The van der Waals surface area contributed by atoms with Crippen molar-refractivity contribution in [3.05, 3.63) is 67.0 Å². The summed E-state index contributed by atoms with van der Waals surface area (Å²) >= 11 is 0. The Kier molecular flexibility index (Phi) is 6.80. The van der Waals surface area contributed by atoms with E-state index in [9.17, 15) is 4.79 Å². The topological polar surface area (TPSA) is 114 Å². The minimum atomic E-state index is -0.290. The number of nitrogens with zero attached hydrogens (tertiary/aromatic N) is 8. The zero-order chi connectivity index (χ0) is 26.6. The molecule has 0 atom stereocenters. The summed E-state index contributed by atoms with van der Waals surface area (Å²) in [5.41, 5.74) is 3.81. The van der Waals surface area contributed by atoms with Crippen LogP contribution >= 0.6 is 0 Å². The number of nitrogens with one attached hydrogen (secondary N) is 1. The van der Waals surface area contributed by atoms with Crippen molar-refractivity contribution in [1.29, 1.82) is 0 Å². The van der Waals surface area contributed by atoms with E-state index < -0.39 is 0 Å². The number of anilines is 3. The smallest absolute Gasteiger partial charge is 0.302 e. The number of carbonyl (C=O) groups excluding carboxylic acids is 1. The molecule has 0 aliphatic carbocycles. The average molecular weight is 508 g/mol. The number of aryl methyl sites for hydroxylation is 1. The van der Waals surface area contributed by atoms with Crippen molar-refractivity contribution in [2.45, 2.75) is 6.92 Å². The second kappa shape index (κ2) is 10.5. The predicted octanol–water partition coefficient (Wildman–Crippen LogP) is 3.44. The van der Waals surface area contributed by atoms with Gasteiger partial charge in [0, 0.05) is 29.9 Å². The van der Waals surface area contributed by atoms with Crippen molar-refractivity contribution in [3.8, 4) is 23.5 Å². The fourth-order valence-electron chi connectivity index (χ4n) is 3.68. The summed E-state index contributed by atoms with van der Waals surface area (Å²) in [5, 5.41) is 12.0. The molecular weight excluding hydrogens is 482 g/mol. The maximum Gasteiger partial charge on any atom is 0.302 e. The van der Waals surface area contributed by atoms with Crippen LogP contribution in [0.15, 0.2) is 61.4 Å². The maximum atomic E-state index is 12.6. The van der Waals surface area contributed by atoms with Gasteiger partial charge in [-0.2, -0.15) is 0 Å². The van der Waals surface area contributed by atoms with E-state index in [1.54, 1.807) is 30.2 Å². The van der Waals surface area contributed by atoms with Gasteiger partial charge < -0.3 is 15.0 Å². The molecule has 0 aliphatic rings. The van der Waals surface area contributed by atoms with Crippen LogP contribution in [0.25, 0.3) is 16.6 Å². The number of aromatic nitrogens is 6. The molecule has 0 aliphatic heterocycles. The van der Waals surface area contributed by atoms with Gasteiger partial charge in [0.15, 0.2) is 5.65 Å². The van der Waals surface area contributed by atoms with Gasteiger partial charge in [-0.25, -0.2) is 15.0 Å². The van der Waals surface area contributed by atoms with Gasteiger partial charge in [0.1, 0.15) is 30.5 Å². The van der Waals surface area contributed by atoms with E-state index >= 15 is 0 Å². The summed E-state index contributed by atoms with van der Waals surface area (Å²) in [5.74, 6) is 6.96. The minimum absolute atomic E-state index is 0.290. The average Bonchev–Trinajstić information content (AvgIpc) is 3.37. The highest BCUT2D eigenvalue weighted by Crippen LogP contribution is 2.30. The van der Waals surface area contributed by atoms with Crippen molar-refractivity contribution in [2.75, 3.05) is 37.9 Å². The van der Waals surface area contributed by atoms with Crippen LogP contribution in [0.5, 0.6) is 11.6 Å². The van der Waals surface area contributed by atoms with Crippen LogP contribution < -0.4 is 15.0 Å². The Bertz CT molecular complexity index is 1700. The first-order chi connectivity index (χ1) is 18.4. The van der Waals surface area contributed by atoms with Crippen LogP contribution in [-0.2, 0) is 4.79 Å². The number of fused-ring (bicyclic) bond motifs is 2. The van der Waals surface area contributed by atoms with Crippen LogP contribution in [0.1, 0.15) is 5.56 Å². The standard InChI is InChI=1S/C27H25N9O2/c1-18-12-19(7-10-23(18)38-25-14-24-33-31-17-36(24)16-30-25)32-27-21-13-20(8-9-22(21)28-15-29-27)35(4)26(37)6-5-11-34(2)3/h7-10,12-17H,11H2,1-4H3,(H,28,29,32). The van der Waals surface area contributed by atoms with E-state index in [0.29, 0.717) is 35.3 Å². The molecule has 0 saturated heterocycles. The molecule has 5 aromatic rings. The molecule has 0 radical (unpaired) electrons.